The van der Waals surface area contributed by atoms with Crippen LogP contribution in [0.2, 0.25) is 13.6 Å². The first kappa shape index (κ1) is 21.4. The fourth-order valence-electron chi connectivity index (χ4n) is 4.61. The second-order valence-corrected chi connectivity index (χ2v) is 8.47. The number of anilines is 1. The van der Waals surface area contributed by atoms with Gasteiger partial charge in [-0.25, -0.2) is 4.68 Å². The van der Waals surface area contributed by atoms with Gasteiger partial charge in [-0.15, -0.1) is 0 Å². The molecule has 3 rings (SSSR count). The zero-order valence-electron chi connectivity index (χ0n) is 18.4. The Kier molecular flexibility index (Phi) is 7.26. The maximum Gasteiger partial charge on any atom is 0.331 e. The van der Waals surface area contributed by atoms with Crippen molar-refractivity contribution in [2.24, 2.45) is 0 Å². The van der Waals surface area contributed by atoms with Crippen LogP contribution in [0.3, 0.4) is 0 Å². The van der Waals surface area contributed by atoms with E-state index in [1.54, 1.807) is 0 Å². The molecule has 0 bridgehead atoms. The van der Waals surface area contributed by atoms with E-state index in [0.717, 1.165) is 0 Å². The molecule has 1 atom stereocenters. The Labute approximate surface area is 162 Å². The van der Waals surface area contributed by atoms with Crippen LogP contribution in [0.4, 0.5) is 5.82 Å². The highest BCUT2D eigenvalue weighted by Crippen LogP contribution is 2.43. The van der Waals surface area contributed by atoms with Crippen LogP contribution < -0.4 is 4.81 Å². The molecule has 7 heteroatoms. The van der Waals surface area contributed by atoms with E-state index in [1.165, 1.54) is 44.5 Å². The topological polar surface area (TPSA) is 27.5 Å². The monoisotopic (exact) mass is 359 g/mol. The van der Waals surface area contributed by atoms with Crippen molar-refractivity contribution in [1.29, 1.82) is 0 Å². The maximum absolute atomic E-state index is 4.61. The summed E-state index contributed by atoms with van der Waals surface area (Å²) in [5.74, 6) is 1.25. The maximum atomic E-state index is 4.61. The van der Waals surface area contributed by atoms with Gasteiger partial charge in [0.1, 0.15) is 5.82 Å². The molecule has 0 amide bonds. The predicted octanol–water partition coefficient (Wildman–Crippen LogP) is 4.24. The van der Waals surface area contributed by atoms with Gasteiger partial charge < -0.3 is 14.3 Å². The van der Waals surface area contributed by atoms with Crippen LogP contribution in [0.5, 0.6) is 0 Å². The van der Waals surface area contributed by atoms with E-state index < -0.39 is 0 Å². The first-order valence-electron chi connectivity index (χ1n) is 10.6. The van der Waals surface area contributed by atoms with E-state index in [4.69, 9.17) is 0 Å². The molecule has 0 aromatic carbocycles. The fraction of sp³-hybridized carbons (Fsp3) is 0.842. The highest BCUT2D eigenvalue weighted by Gasteiger charge is 2.56. The number of fused-ring (bicyclic) bond motifs is 3. The van der Waals surface area contributed by atoms with Crippen molar-refractivity contribution in [3.63, 3.8) is 0 Å². The van der Waals surface area contributed by atoms with Gasteiger partial charge in [-0.3, -0.25) is 0 Å². The Morgan fingerprint density at radius 3 is 2.35 bits per heavy atom. The molecule has 0 aliphatic carbocycles. The number of hydrogen-bond acceptors (Lipinski definition) is 4. The average Bonchev–Trinajstić information content (AvgIpc) is 3.14. The van der Waals surface area contributed by atoms with Gasteiger partial charge in [0.25, 0.3) is 6.98 Å². The largest absolute Gasteiger partial charge is 0.370 e. The Bertz CT molecular complexity index is 562. The van der Waals surface area contributed by atoms with Crippen LogP contribution in [-0.4, -0.2) is 53.0 Å². The Hall–Kier alpha value is -0.940. The summed E-state index contributed by atoms with van der Waals surface area (Å²) in [7, 11) is 2.27. The summed E-state index contributed by atoms with van der Waals surface area (Å²) in [6, 6.07) is 2.16. The number of aromatic nitrogens is 2. The third-order valence-corrected chi connectivity index (χ3v) is 5.94. The van der Waals surface area contributed by atoms with Gasteiger partial charge in [0.2, 0.25) is 0 Å². The Morgan fingerprint density at radius 2 is 1.73 bits per heavy atom. The molecule has 1 unspecified atom stereocenters. The molecule has 1 fully saturated rings. The quantitative estimate of drug-likeness (QED) is 0.581. The molecule has 1 saturated heterocycles. The summed E-state index contributed by atoms with van der Waals surface area (Å²) in [5.41, 5.74) is -0.00952. The number of likely N-dealkylation sites (N-methyl/N-ethyl adjacent to an activating group) is 1. The molecular weight excluding hydrogens is 320 g/mol. The van der Waals surface area contributed by atoms with Crippen LogP contribution in [0, 0.1) is 0 Å². The van der Waals surface area contributed by atoms with E-state index in [0.29, 0.717) is 20.1 Å². The summed E-state index contributed by atoms with van der Waals surface area (Å²) in [4.78, 5) is 5.08. The minimum Gasteiger partial charge on any atom is -0.370 e. The highest BCUT2D eigenvalue weighted by atomic mass is 15.6. The molecule has 0 saturated carbocycles. The third-order valence-electron chi connectivity index (χ3n) is 5.94. The van der Waals surface area contributed by atoms with Crippen molar-refractivity contribution in [1.82, 2.24) is 19.3 Å². The van der Waals surface area contributed by atoms with Crippen LogP contribution in [-0.2, 0) is 5.54 Å². The van der Waals surface area contributed by atoms with Crippen molar-refractivity contribution in [3.05, 3.63) is 12.3 Å². The number of nitrogens with zero attached hydrogens (tertiary/aromatic N) is 5. The fourth-order valence-corrected chi connectivity index (χ4v) is 4.61. The van der Waals surface area contributed by atoms with E-state index >= 15 is 0 Å². The van der Waals surface area contributed by atoms with Crippen molar-refractivity contribution >= 4 is 19.8 Å². The van der Waals surface area contributed by atoms with Crippen molar-refractivity contribution in [2.45, 2.75) is 92.1 Å². The van der Waals surface area contributed by atoms with Crippen molar-refractivity contribution in [3.8, 4) is 0 Å². The molecular formula is C19H39B2N5. The van der Waals surface area contributed by atoms with E-state index in [-0.39, 0.29) is 5.54 Å². The van der Waals surface area contributed by atoms with Crippen LogP contribution in [0.1, 0.15) is 66.7 Å². The van der Waals surface area contributed by atoms with Gasteiger partial charge in [-0.2, -0.15) is 5.10 Å². The zero-order chi connectivity index (χ0) is 19.5. The van der Waals surface area contributed by atoms with E-state index in [2.05, 4.69) is 85.5 Å². The molecule has 0 N–H and O–H groups in total. The van der Waals surface area contributed by atoms with E-state index in [1.807, 2.05) is 6.20 Å². The first-order chi connectivity index (χ1) is 12.3. The average molecular weight is 359 g/mol. The standard InChI is InChI=1S/C16H31B2N5.C3H8/c1-7-8-9-10-13-21-17(4)20(6)15-16(2,3)23-14(11-12-19-23)22(15)18(21)5;1-3-2/h11-12,15H,7-10,13H2,1-6H3;3H2,1-2H3. The molecule has 146 valence electrons. The van der Waals surface area contributed by atoms with Gasteiger partial charge in [0, 0.05) is 0 Å². The van der Waals surface area contributed by atoms with Gasteiger partial charge in [-0.1, -0.05) is 60.1 Å². The minimum atomic E-state index is -0.00952. The number of hydrogen-bond donors (Lipinski definition) is 0. The second-order valence-electron chi connectivity index (χ2n) is 8.47. The summed E-state index contributed by atoms with van der Waals surface area (Å²) in [6.45, 7) is 17.9. The molecule has 1 aromatic heterocycles. The molecule has 5 nitrogen and oxygen atoms in total. The molecule has 0 spiro atoms. The number of rotatable bonds is 5. The summed E-state index contributed by atoms with van der Waals surface area (Å²) in [5, 5.41) is 4.61. The van der Waals surface area contributed by atoms with Gasteiger partial charge >= 0.3 is 6.98 Å². The SMILES string of the molecule is CCC.CCCCCCN1B(C)N(C)C2N(B1C)c1ccnn1C2(C)C. The number of unbranched alkanes of at least 4 members (excludes halogenated alkanes) is 3. The van der Waals surface area contributed by atoms with Crippen LogP contribution >= 0.6 is 0 Å². The van der Waals surface area contributed by atoms with E-state index in [9.17, 15) is 0 Å². The smallest absolute Gasteiger partial charge is 0.331 e. The normalized spacial score (nSPS) is 22.2. The lowest BCUT2D eigenvalue weighted by atomic mass is 9.56. The minimum absolute atomic E-state index is 0.00952. The molecule has 2 aliphatic rings. The Balaban J connectivity index is 0.000000758. The molecule has 2 aliphatic heterocycles. The molecule has 3 heterocycles. The van der Waals surface area contributed by atoms with Crippen molar-refractivity contribution in [2.75, 3.05) is 18.4 Å². The van der Waals surface area contributed by atoms with Gasteiger partial charge in [0.15, 0.2) is 0 Å². The lowest BCUT2D eigenvalue weighted by molar-refractivity contribution is 0.190. The predicted molar refractivity (Wildman–Crippen MR) is 116 cm³/mol. The summed E-state index contributed by atoms with van der Waals surface area (Å²) < 4.78 is 4.85. The van der Waals surface area contributed by atoms with Crippen LogP contribution in [0.25, 0.3) is 0 Å². The highest BCUT2D eigenvalue weighted by molar-refractivity contribution is 6.73. The van der Waals surface area contributed by atoms with Gasteiger partial charge in [-0.05, 0) is 39.9 Å². The molecule has 1 aromatic rings. The summed E-state index contributed by atoms with van der Waals surface area (Å²) in [6.07, 6.45) is 8.82. The lowest BCUT2D eigenvalue weighted by Gasteiger charge is -2.53. The lowest BCUT2D eigenvalue weighted by Crippen LogP contribution is -2.75. The first-order valence-corrected chi connectivity index (χ1v) is 10.6. The molecule has 26 heavy (non-hydrogen) atoms. The zero-order valence-corrected chi connectivity index (χ0v) is 18.4. The Morgan fingerprint density at radius 1 is 1.08 bits per heavy atom. The van der Waals surface area contributed by atoms with Gasteiger partial charge in [0.05, 0.1) is 17.9 Å². The van der Waals surface area contributed by atoms with Crippen LogP contribution in [0.15, 0.2) is 12.3 Å². The molecule has 0 radical (unpaired) electrons. The summed E-state index contributed by atoms with van der Waals surface area (Å²) >= 11 is 0. The van der Waals surface area contributed by atoms with Crippen molar-refractivity contribution < 1.29 is 0 Å². The third kappa shape index (κ3) is 3.70. The second kappa shape index (κ2) is 8.83.